The summed E-state index contributed by atoms with van der Waals surface area (Å²) in [5.74, 6) is -0.192. The number of anilines is 1. The van der Waals surface area contributed by atoms with Crippen LogP contribution in [0.5, 0.6) is 0 Å². The van der Waals surface area contributed by atoms with Gasteiger partial charge < -0.3 is 15.1 Å². The molecular weight excluding hydrogens is 450 g/mol. The molecule has 0 bridgehead atoms. The molecule has 36 heavy (non-hydrogen) atoms. The molecule has 0 saturated heterocycles. The van der Waals surface area contributed by atoms with Crippen molar-refractivity contribution >= 4 is 34.2 Å². The minimum atomic E-state index is -0.518. The summed E-state index contributed by atoms with van der Waals surface area (Å²) in [6.07, 6.45) is 2.02. The maximum Gasteiger partial charge on any atom is 0.258 e. The maximum absolute atomic E-state index is 13.5. The molecule has 3 aromatic rings. The lowest BCUT2D eigenvalue weighted by atomic mass is 10.1. The summed E-state index contributed by atoms with van der Waals surface area (Å²) >= 11 is 0. The molecule has 1 atom stereocenters. The fourth-order valence-corrected chi connectivity index (χ4v) is 5.01. The van der Waals surface area contributed by atoms with E-state index in [9.17, 15) is 14.4 Å². The summed E-state index contributed by atoms with van der Waals surface area (Å²) in [5.41, 5.74) is 2.75. The van der Waals surface area contributed by atoms with E-state index in [0.29, 0.717) is 32.4 Å². The predicted molar refractivity (Wildman–Crippen MR) is 144 cm³/mol. The van der Waals surface area contributed by atoms with Crippen molar-refractivity contribution in [2.75, 3.05) is 18.0 Å². The van der Waals surface area contributed by atoms with E-state index in [0.717, 1.165) is 27.6 Å². The summed E-state index contributed by atoms with van der Waals surface area (Å²) in [4.78, 5) is 43.0. The monoisotopic (exact) mass is 485 g/mol. The maximum atomic E-state index is 13.5. The van der Waals surface area contributed by atoms with Crippen LogP contribution in [0.4, 0.5) is 5.69 Å². The third-order valence-electron chi connectivity index (χ3n) is 6.72. The average molecular weight is 486 g/mol. The molecule has 1 heterocycles. The van der Waals surface area contributed by atoms with E-state index in [2.05, 4.69) is 5.32 Å². The first-order valence-corrected chi connectivity index (χ1v) is 12.9. The highest BCUT2D eigenvalue weighted by Crippen LogP contribution is 2.37. The van der Waals surface area contributed by atoms with Crippen LogP contribution in [0, 0.1) is 0 Å². The second kappa shape index (κ2) is 11.4. The Hall–Kier alpha value is -3.67. The number of nitrogens with one attached hydrogen (secondary N) is 1. The Morgan fingerprint density at radius 3 is 2.39 bits per heavy atom. The van der Waals surface area contributed by atoms with Gasteiger partial charge in [-0.2, -0.15) is 0 Å². The number of hydrogen-bond acceptors (Lipinski definition) is 3. The van der Waals surface area contributed by atoms with Gasteiger partial charge in [-0.3, -0.25) is 14.4 Å². The zero-order valence-electron chi connectivity index (χ0n) is 21.4. The fourth-order valence-electron chi connectivity index (χ4n) is 5.01. The highest BCUT2D eigenvalue weighted by Gasteiger charge is 2.31. The third kappa shape index (κ3) is 5.43. The molecule has 0 radical (unpaired) electrons. The molecule has 4 rings (SSSR count). The lowest BCUT2D eigenvalue weighted by molar-refractivity contribution is -0.141. The molecule has 0 fully saturated rings. The van der Waals surface area contributed by atoms with Crippen LogP contribution in [0.15, 0.2) is 66.7 Å². The summed E-state index contributed by atoms with van der Waals surface area (Å²) in [6.45, 7) is 6.72. The summed E-state index contributed by atoms with van der Waals surface area (Å²) < 4.78 is 0. The normalized spacial score (nSPS) is 13.3. The smallest absolute Gasteiger partial charge is 0.258 e. The van der Waals surface area contributed by atoms with E-state index in [1.807, 2.05) is 87.5 Å². The highest BCUT2D eigenvalue weighted by molar-refractivity contribution is 6.25. The van der Waals surface area contributed by atoms with Crippen molar-refractivity contribution in [3.63, 3.8) is 0 Å². The molecule has 0 saturated carbocycles. The number of nitrogens with zero attached hydrogens (tertiary/aromatic N) is 2. The topological polar surface area (TPSA) is 69.7 Å². The zero-order chi connectivity index (χ0) is 25.7. The Kier molecular flexibility index (Phi) is 8.04. The first-order valence-electron chi connectivity index (χ1n) is 12.9. The molecule has 3 amide bonds. The molecule has 0 aliphatic carbocycles. The summed E-state index contributed by atoms with van der Waals surface area (Å²) in [5, 5.41) is 5.00. The Balaban J connectivity index is 1.45. The van der Waals surface area contributed by atoms with Gasteiger partial charge in [0.1, 0.15) is 6.04 Å². The first-order chi connectivity index (χ1) is 17.4. The molecule has 0 unspecified atom stereocenters. The van der Waals surface area contributed by atoms with E-state index < -0.39 is 6.04 Å². The van der Waals surface area contributed by atoms with Crippen molar-refractivity contribution < 1.29 is 14.4 Å². The standard InChI is InChI=1S/C30H35N3O3/c1-4-25(29(35)31-21(2)3)32(20-18-22-11-6-5-7-12-22)27(34)17-10-19-33-26-16-9-14-23-13-8-15-24(28(23)26)30(33)36/h5-9,11-16,21,25H,4,10,17-20H2,1-3H3,(H,31,35)/t25-/m1/s1. The molecule has 0 spiro atoms. The third-order valence-corrected chi connectivity index (χ3v) is 6.72. The molecule has 3 aromatic carbocycles. The van der Waals surface area contributed by atoms with Crippen molar-refractivity contribution in [1.29, 1.82) is 0 Å². The quantitative estimate of drug-likeness (QED) is 0.418. The van der Waals surface area contributed by atoms with E-state index in [1.54, 1.807) is 9.80 Å². The minimum Gasteiger partial charge on any atom is -0.352 e. The Morgan fingerprint density at radius 2 is 1.69 bits per heavy atom. The van der Waals surface area contributed by atoms with Crippen LogP contribution in [0.2, 0.25) is 0 Å². The van der Waals surface area contributed by atoms with Crippen molar-refractivity contribution in [2.24, 2.45) is 0 Å². The number of rotatable bonds is 11. The lowest BCUT2D eigenvalue weighted by Gasteiger charge is -2.31. The van der Waals surface area contributed by atoms with Gasteiger partial charge in [0.05, 0.1) is 5.69 Å². The van der Waals surface area contributed by atoms with Gasteiger partial charge in [0.15, 0.2) is 0 Å². The van der Waals surface area contributed by atoms with Gasteiger partial charge >= 0.3 is 0 Å². The first kappa shape index (κ1) is 25.4. The van der Waals surface area contributed by atoms with E-state index in [-0.39, 0.29) is 30.2 Å². The zero-order valence-corrected chi connectivity index (χ0v) is 21.4. The Labute approximate surface area is 213 Å². The van der Waals surface area contributed by atoms with Crippen LogP contribution < -0.4 is 10.2 Å². The summed E-state index contributed by atoms with van der Waals surface area (Å²) in [6, 6.07) is 21.2. The van der Waals surface area contributed by atoms with Gasteiger partial charge in [-0.05, 0) is 56.2 Å². The molecule has 0 aromatic heterocycles. The molecule has 1 aliphatic rings. The second-order valence-electron chi connectivity index (χ2n) is 9.65. The van der Waals surface area contributed by atoms with Crippen molar-refractivity contribution in [3.8, 4) is 0 Å². The van der Waals surface area contributed by atoms with Crippen LogP contribution in [0.3, 0.4) is 0 Å². The van der Waals surface area contributed by atoms with Gasteiger partial charge in [0.2, 0.25) is 11.8 Å². The van der Waals surface area contributed by atoms with E-state index in [1.165, 1.54) is 0 Å². The van der Waals surface area contributed by atoms with E-state index >= 15 is 0 Å². The SMILES string of the molecule is CC[C@H](C(=O)NC(C)C)N(CCc1ccccc1)C(=O)CCCN1C(=O)c2cccc3cccc1c23. The van der Waals surface area contributed by atoms with Crippen molar-refractivity contribution in [1.82, 2.24) is 10.2 Å². The molecular formula is C30H35N3O3. The number of carbonyl (C=O) groups excluding carboxylic acids is 3. The minimum absolute atomic E-state index is 0.00291. The van der Waals surface area contributed by atoms with Crippen LogP contribution in [0.25, 0.3) is 10.8 Å². The Morgan fingerprint density at radius 1 is 0.972 bits per heavy atom. The van der Waals surface area contributed by atoms with Gasteiger partial charge in [0.25, 0.3) is 5.91 Å². The lowest BCUT2D eigenvalue weighted by Crippen LogP contribution is -2.51. The van der Waals surface area contributed by atoms with Gasteiger partial charge in [-0.1, -0.05) is 61.5 Å². The van der Waals surface area contributed by atoms with Gasteiger partial charge in [-0.25, -0.2) is 0 Å². The number of benzene rings is 3. The van der Waals surface area contributed by atoms with Crippen LogP contribution in [-0.2, 0) is 16.0 Å². The molecule has 1 N–H and O–H groups in total. The molecule has 188 valence electrons. The Bertz CT molecular complexity index is 1230. The second-order valence-corrected chi connectivity index (χ2v) is 9.65. The average Bonchev–Trinajstić information content (AvgIpc) is 3.14. The van der Waals surface area contributed by atoms with Gasteiger partial charge in [-0.15, -0.1) is 0 Å². The highest BCUT2D eigenvalue weighted by atomic mass is 16.2. The largest absolute Gasteiger partial charge is 0.352 e. The summed E-state index contributed by atoms with van der Waals surface area (Å²) in [7, 11) is 0. The van der Waals surface area contributed by atoms with Crippen LogP contribution in [0.1, 0.15) is 56.0 Å². The molecule has 6 nitrogen and oxygen atoms in total. The molecule has 6 heteroatoms. The number of amides is 3. The van der Waals surface area contributed by atoms with Crippen molar-refractivity contribution in [3.05, 3.63) is 77.9 Å². The number of carbonyl (C=O) groups is 3. The van der Waals surface area contributed by atoms with Crippen LogP contribution in [-0.4, -0.2) is 47.8 Å². The van der Waals surface area contributed by atoms with Crippen LogP contribution >= 0.6 is 0 Å². The predicted octanol–water partition coefficient (Wildman–Crippen LogP) is 4.95. The van der Waals surface area contributed by atoms with Gasteiger partial charge in [0, 0.05) is 36.5 Å². The number of hydrogen-bond donors (Lipinski definition) is 1. The van der Waals surface area contributed by atoms with Crippen molar-refractivity contribution in [2.45, 2.75) is 58.5 Å². The fraction of sp³-hybridized carbons (Fsp3) is 0.367. The molecule has 1 aliphatic heterocycles. The van der Waals surface area contributed by atoms with E-state index in [4.69, 9.17) is 0 Å².